The normalized spacial score (nSPS) is 34.9. The summed E-state index contributed by atoms with van der Waals surface area (Å²) < 4.78 is 0. The molecule has 1 saturated carbocycles. The van der Waals surface area contributed by atoms with Crippen LogP contribution in [0.2, 0.25) is 0 Å². The van der Waals surface area contributed by atoms with Crippen LogP contribution in [0.1, 0.15) is 44.9 Å². The summed E-state index contributed by atoms with van der Waals surface area (Å²) >= 11 is 0. The maximum atomic E-state index is 10.2. The van der Waals surface area contributed by atoms with E-state index in [0.29, 0.717) is 11.8 Å². The van der Waals surface area contributed by atoms with Crippen molar-refractivity contribution in [1.82, 2.24) is 0 Å². The lowest BCUT2D eigenvalue weighted by atomic mass is 9.72. The second kappa shape index (κ2) is 3.54. The molecule has 1 atom stereocenters. The molecule has 78 valence electrons. The number of aliphatic hydroxyl groups is 1. The number of rotatable bonds is 2. The lowest BCUT2D eigenvalue weighted by Crippen LogP contribution is -2.32. The molecule has 14 heavy (non-hydrogen) atoms. The van der Waals surface area contributed by atoms with Crippen LogP contribution >= 0.6 is 0 Å². The summed E-state index contributed by atoms with van der Waals surface area (Å²) in [5, 5.41) is 10.2. The van der Waals surface area contributed by atoms with Gasteiger partial charge in [0.2, 0.25) is 0 Å². The van der Waals surface area contributed by atoms with Gasteiger partial charge in [0.25, 0.3) is 0 Å². The van der Waals surface area contributed by atoms with Crippen molar-refractivity contribution in [3.63, 3.8) is 0 Å². The van der Waals surface area contributed by atoms with Crippen LogP contribution in [0.4, 0.5) is 0 Å². The van der Waals surface area contributed by atoms with Crippen LogP contribution in [0.5, 0.6) is 0 Å². The van der Waals surface area contributed by atoms with Crippen molar-refractivity contribution >= 4 is 0 Å². The highest BCUT2D eigenvalue weighted by atomic mass is 16.3. The van der Waals surface area contributed by atoms with Crippen molar-refractivity contribution in [2.45, 2.75) is 50.5 Å². The zero-order valence-electron chi connectivity index (χ0n) is 8.84. The summed E-state index contributed by atoms with van der Waals surface area (Å²) in [6.45, 7) is 3.70. The second-order valence-corrected chi connectivity index (χ2v) is 5.00. The molecule has 1 spiro atoms. The van der Waals surface area contributed by atoms with E-state index in [2.05, 4.69) is 12.7 Å². The van der Waals surface area contributed by atoms with Crippen LogP contribution in [0, 0.1) is 5.41 Å². The first-order valence-electron chi connectivity index (χ1n) is 5.72. The van der Waals surface area contributed by atoms with Crippen molar-refractivity contribution < 1.29 is 5.11 Å². The summed E-state index contributed by atoms with van der Waals surface area (Å²) in [6.07, 6.45) is 14.3. The monoisotopic (exact) mass is 192 g/mol. The summed E-state index contributed by atoms with van der Waals surface area (Å²) in [5.41, 5.74) is -0.136. The molecule has 0 radical (unpaired) electrons. The maximum absolute atomic E-state index is 10.2. The fourth-order valence-corrected chi connectivity index (χ4v) is 2.88. The molecule has 1 N–H and O–H groups in total. The highest BCUT2D eigenvalue weighted by molar-refractivity contribution is 5.15. The van der Waals surface area contributed by atoms with Gasteiger partial charge in [-0.15, -0.1) is 6.58 Å². The third-order valence-electron chi connectivity index (χ3n) is 3.90. The smallest absolute Gasteiger partial charge is 0.0862 e. The molecule has 0 bridgehead atoms. The van der Waals surface area contributed by atoms with E-state index >= 15 is 0 Å². The van der Waals surface area contributed by atoms with Crippen LogP contribution in [0.15, 0.2) is 24.8 Å². The molecule has 1 nitrogen and oxygen atoms in total. The molecule has 0 amide bonds. The Morgan fingerprint density at radius 1 is 1.14 bits per heavy atom. The maximum Gasteiger partial charge on any atom is 0.0862 e. The van der Waals surface area contributed by atoms with E-state index in [9.17, 15) is 5.11 Å². The lowest BCUT2D eigenvalue weighted by Gasteiger charge is -2.36. The van der Waals surface area contributed by atoms with E-state index in [4.69, 9.17) is 0 Å². The van der Waals surface area contributed by atoms with Crippen LogP contribution in [-0.4, -0.2) is 10.7 Å². The van der Waals surface area contributed by atoms with Gasteiger partial charge in [-0.3, -0.25) is 0 Å². The Balaban J connectivity index is 2.08. The molecule has 0 saturated heterocycles. The van der Waals surface area contributed by atoms with Crippen LogP contribution in [0.25, 0.3) is 0 Å². The van der Waals surface area contributed by atoms with E-state index in [0.717, 1.165) is 12.8 Å². The lowest BCUT2D eigenvalue weighted by molar-refractivity contribution is 0.0596. The Labute approximate surface area is 86.5 Å². The van der Waals surface area contributed by atoms with Crippen LogP contribution in [0.3, 0.4) is 0 Å². The molecule has 0 aromatic carbocycles. The Morgan fingerprint density at radius 3 is 2.36 bits per heavy atom. The zero-order chi connectivity index (χ0) is 10.1. The van der Waals surface area contributed by atoms with Gasteiger partial charge in [0.15, 0.2) is 0 Å². The minimum absolute atomic E-state index is 0.452. The Kier molecular flexibility index (Phi) is 2.52. The van der Waals surface area contributed by atoms with Gasteiger partial charge < -0.3 is 5.11 Å². The molecule has 2 rings (SSSR count). The van der Waals surface area contributed by atoms with Crippen molar-refractivity contribution in [2.75, 3.05) is 0 Å². The molecule has 0 aliphatic heterocycles. The van der Waals surface area contributed by atoms with E-state index < -0.39 is 5.60 Å². The summed E-state index contributed by atoms with van der Waals surface area (Å²) in [4.78, 5) is 0. The van der Waals surface area contributed by atoms with Crippen LogP contribution in [-0.2, 0) is 0 Å². The Bertz CT molecular complexity index is 248. The molecule has 2 aliphatic rings. The van der Waals surface area contributed by atoms with Crippen LogP contribution < -0.4 is 0 Å². The first kappa shape index (κ1) is 9.97. The van der Waals surface area contributed by atoms with E-state index in [-0.39, 0.29) is 0 Å². The van der Waals surface area contributed by atoms with Crippen molar-refractivity contribution in [3.8, 4) is 0 Å². The number of hydrogen-bond acceptors (Lipinski definition) is 1. The van der Waals surface area contributed by atoms with Gasteiger partial charge in [-0.1, -0.05) is 31.1 Å². The van der Waals surface area contributed by atoms with Gasteiger partial charge >= 0.3 is 0 Å². The van der Waals surface area contributed by atoms with E-state index in [1.807, 2.05) is 12.2 Å². The van der Waals surface area contributed by atoms with Crippen molar-refractivity contribution in [2.24, 2.45) is 5.41 Å². The quantitative estimate of drug-likeness (QED) is 0.666. The molecule has 0 aromatic heterocycles. The fraction of sp³-hybridized carbons (Fsp3) is 0.692. The number of allylic oxidation sites excluding steroid dienone is 1. The largest absolute Gasteiger partial charge is 0.385 e. The predicted octanol–water partition coefficient (Wildman–Crippen LogP) is 3.20. The molecule has 0 aromatic rings. The summed E-state index contributed by atoms with van der Waals surface area (Å²) in [6, 6.07) is 0. The minimum Gasteiger partial charge on any atom is -0.385 e. The highest BCUT2D eigenvalue weighted by Crippen LogP contribution is 2.47. The standard InChI is InChI=1S/C13H20O/c1-2-5-13(14)10-8-12(9-11-13)6-3-4-7-12/h2,8,10,14H,1,3-7,9,11H2. The molecule has 2 aliphatic carbocycles. The summed E-state index contributed by atoms with van der Waals surface area (Å²) in [5.74, 6) is 0. The van der Waals surface area contributed by atoms with Crippen molar-refractivity contribution in [3.05, 3.63) is 24.8 Å². The average Bonchev–Trinajstić information content (AvgIpc) is 2.61. The van der Waals surface area contributed by atoms with E-state index in [1.165, 1.54) is 25.7 Å². The first-order chi connectivity index (χ1) is 6.68. The SMILES string of the molecule is C=CCC1(O)C=CC2(CCCC2)CC1. The first-order valence-corrected chi connectivity index (χ1v) is 5.72. The Hall–Kier alpha value is -0.560. The zero-order valence-corrected chi connectivity index (χ0v) is 8.84. The predicted molar refractivity (Wildman–Crippen MR) is 59.0 cm³/mol. The molecular weight excluding hydrogens is 172 g/mol. The van der Waals surface area contributed by atoms with Gasteiger partial charge in [0.1, 0.15) is 0 Å². The van der Waals surface area contributed by atoms with Gasteiger partial charge in [-0.05, 0) is 37.5 Å². The third kappa shape index (κ3) is 1.78. The molecule has 0 heterocycles. The second-order valence-electron chi connectivity index (χ2n) is 5.00. The topological polar surface area (TPSA) is 20.2 Å². The molecule has 1 fully saturated rings. The average molecular weight is 192 g/mol. The Morgan fingerprint density at radius 2 is 1.86 bits per heavy atom. The number of hydrogen-bond donors (Lipinski definition) is 1. The fourth-order valence-electron chi connectivity index (χ4n) is 2.88. The minimum atomic E-state index is -0.588. The molecule has 1 heteroatoms. The van der Waals surface area contributed by atoms with Crippen molar-refractivity contribution in [1.29, 1.82) is 0 Å². The summed E-state index contributed by atoms with van der Waals surface area (Å²) in [7, 11) is 0. The molecule has 1 unspecified atom stereocenters. The van der Waals surface area contributed by atoms with Gasteiger partial charge in [-0.25, -0.2) is 0 Å². The van der Waals surface area contributed by atoms with Gasteiger partial charge in [-0.2, -0.15) is 0 Å². The van der Waals surface area contributed by atoms with E-state index in [1.54, 1.807) is 0 Å². The van der Waals surface area contributed by atoms with Gasteiger partial charge in [0.05, 0.1) is 5.60 Å². The highest BCUT2D eigenvalue weighted by Gasteiger charge is 2.38. The third-order valence-corrected chi connectivity index (χ3v) is 3.90. The molecular formula is C13H20O. The van der Waals surface area contributed by atoms with Gasteiger partial charge in [0, 0.05) is 0 Å².